The van der Waals surface area contributed by atoms with Gasteiger partial charge in [-0.15, -0.1) is 0 Å². The molecule has 1 heterocycles. The molecule has 1 N–H and O–H groups in total. The first-order valence-corrected chi connectivity index (χ1v) is 10.2. The molecular formula is C18H18ClN3O3S. The molecule has 0 fully saturated rings. The topological polar surface area (TPSA) is 81.1 Å². The van der Waals surface area contributed by atoms with Crippen LogP contribution >= 0.6 is 11.6 Å². The molecule has 0 spiro atoms. The molecule has 0 aliphatic heterocycles. The molecule has 1 atom stereocenters. The van der Waals surface area contributed by atoms with E-state index in [1.54, 1.807) is 36.4 Å². The van der Waals surface area contributed by atoms with E-state index in [1.165, 1.54) is 4.57 Å². The molecular weight excluding hydrogens is 374 g/mol. The lowest BCUT2D eigenvalue weighted by atomic mass is 10.1. The Kier molecular flexibility index (Phi) is 5.02. The molecule has 1 aromatic heterocycles. The van der Waals surface area contributed by atoms with Crippen LogP contribution in [0.2, 0.25) is 5.02 Å². The summed E-state index contributed by atoms with van der Waals surface area (Å²) >= 11 is 5.88. The number of imidazole rings is 1. The highest BCUT2D eigenvalue weighted by molar-refractivity contribution is 7.90. The van der Waals surface area contributed by atoms with E-state index >= 15 is 0 Å². The summed E-state index contributed by atoms with van der Waals surface area (Å²) in [6.07, 6.45) is 1.08. The third-order valence-corrected chi connectivity index (χ3v) is 5.23. The number of halogens is 1. The van der Waals surface area contributed by atoms with E-state index in [1.807, 2.05) is 19.1 Å². The zero-order valence-electron chi connectivity index (χ0n) is 14.3. The van der Waals surface area contributed by atoms with Crippen LogP contribution in [0.1, 0.15) is 18.5 Å². The third-order valence-electron chi connectivity index (χ3n) is 4.00. The average molecular weight is 392 g/mol. The maximum Gasteiger partial charge on any atom is 0.240 e. The van der Waals surface area contributed by atoms with Crippen molar-refractivity contribution in [1.82, 2.24) is 14.9 Å². The molecule has 136 valence electrons. The van der Waals surface area contributed by atoms with Gasteiger partial charge in [0.25, 0.3) is 0 Å². The van der Waals surface area contributed by atoms with E-state index < -0.39 is 9.84 Å². The van der Waals surface area contributed by atoms with Crippen LogP contribution in [0.25, 0.3) is 11.0 Å². The molecule has 1 unspecified atom stereocenters. The van der Waals surface area contributed by atoms with Gasteiger partial charge in [-0.1, -0.05) is 35.9 Å². The minimum absolute atomic E-state index is 0.118. The Labute approximate surface area is 156 Å². The monoisotopic (exact) mass is 391 g/mol. The van der Waals surface area contributed by atoms with Gasteiger partial charge in [0.1, 0.15) is 6.54 Å². The van der Waals surface area contributed by atoms with Crippen LogP contribution in [0.5, 0.6) is 0 Å². The summed E-state index contributed by atoms with van der Waals surface area (Å²) < 4.78 is 25.5. The van der Waals surface area contributed by atoms with Crippen molar-refractivity contribution in [2.24, 2.45) is 0 Å². The zero-order chi connectivity index (χ0) is 18.9. The van der Waals surface area contributed by atoms with Crippen LogP contribution in [-0.4, -0.2) is 30.1 Å². The standard InChI is InChI=1S/C18H18ClN3O3S/c1-12(13-7-9-14(19)10-8-13)20-17(23)11-22-16-6-4-3-5-15(16)21-18(22)26(2,24)25/h3-10,12H,11H2,1-2H3,(H,20,23). The minimum Gasteiger partial charge on any atom is -0.348 e. The van der Waals surface area contributed by atoms with Gasteiger partial charge in [0.2, 0.25) is 20.9 Å². The van der Waals surface area contributed by atoms with Gasteiger partial charge in [0.05, 0.1) is 17.1 Å². The van der Waals surface area contributed by atoms with Crippen molar-refractivity contribution in [1.29, 1.82) is 0 Å². The Balaban J connectivity index is 1.86. The van der Waals surface area contributed by atoms with Crippen LogP contribution in [-0.2, 0) is 21.2 Å². The molecule has 0 bridgehead atoms. The van der Waals surface area contributed by atoms with Gasteiger partial charge in [-0.2, -0.15) is 0 Å². The van der Waals surface area contributed by atoms with Gasteiger partial charge in [-0.3, -0.25) is 4.79 Å². The number of carbonyl (C=O) groups excluding carboxylic acids is 1. The predicted octanol–water partition coefficient (Wildman–Crippen LogP) is 2.97. The fourth-order valence-electron chi connectivity index (χ4n) is 2.75. The minimum atomic E-state index is -3.57. The number of rotatable bonds is 5. The number of hydrogen-bond acceptors (Lipinski definition) is 4. The number of nitrogens with one attached hydrogen (secondary N) is 1. The van der Waals surface area contributed by atoms with Crippen molar-refractivity contribution >= 4 is 38.4 Å². The number of amides is 1. The third kappa shape index (κ3) is 3.89. The molecule has 2 aromatic carbocycles. The number of benzene rings is 2. The first-order valence-electron chi connectivity index (χ1n) is 7.96. The molecule has 0 saturated heterocycles. The smallest absolute Gasteiger partial charge is 0.240 e. The summed E-state index contributed by atoms with van der Waals surface area (Å²) in [4.78, 5) is 16.7. The maximum atomic E-state index is 12.5. The van der Waals surface area contributed by atoms with Crippen LogP contribution in [0.4, 0.5) is 0 Å². The molecule has 1 amide bonds. The summed E-state index contributed by atoms with van der Waals surface area (Å²) in [6.45, 7) is 1.71. The molecule has 0 aliphatic rings. The van der Waals surface area contributed by atoms with Crippen molar-refractivity contribution in [3.8, 4) is 0 Å². The number of nitrogens with zero attached hydrogens (tertiary/aromatic N) is 2. The normalized spacial score (nSPS) is 12.9. The molecule has 26 heavy (non-hydrogen) atoms. The second kappa shape index (κ2) is 7.09. The fraction of sp³-hybridized carbons (Fsp3) is 0.222. The van der Waals surface area contributed by atoms with Crippen molar-refractivity contribution in [2.75, 3.05) is 6.26 Å². The first-order chi connectivity index (χ1) is 12.3. The van der Waals surface area contributed by atoms with E-state index in [4.69, 9.17) is 11.6 Å². The second-order valence-corrected chi connectivity index (χ2v) is 8.43. The Hall–Kier alpha value is -2.38. The summed E-state index contributed by atoms with van der Waals surface area (Å²) in [5.74, 6) is -0.305. The molecule has 8 heteroatoms. The zero-order valence-corrected chi connectivity index (χ0v) is 15.9. The highest BCUT2D eigenvalue weighted by atomic mass is 35.5. The fourth-order valence-corrected chi connectivity index (χ4v) is 3.71. The number of sulfone groups is 1. The number of hydrogen-bond donors (Lipinski definition) is 1. The second-order valence-electron chi connectivity index (χ2n) is 6.08. The Morgan fingerprint density at radius 3 is 2.50 bits per heavy atom. The van der Waals surface area contributed by atoms with E-state index in [0.29, 0.717) is 16.1 Å². The number of carbonyl (C=O) groups is 1. The molecule has 6 nitrogen and oxygen atoms in total. The Morgan fingerprint density at radius 2 is 1.85 bits per heavy atom. The van der Waals surface area contributed by atoms with Gasteiger partial charge < -0.3 is 9.88 Å². The largest absolute Gasteiger partial charge is 0.348 e. The van der Waals surface area contributed by atoms with Crippen LogP contribution in [0.15, 0.2) is 53.7 Å². The molecule has 0 saturated carbocycles. The molecule has 3 aromatic rings. The lowest BCUT2D eigenvalue weighted by Crippen LogP contribution is -2.30. The van der Waals surface area contributed by atoms with Crippen molar-refractivity contribution in [2.45, 2.75) is 24.7 Å². The quantitative estimate of drug-likeness (QED) is 0.725. The highest BCUT2D eigenvalue weighted by Gasteiger charge is 2.21. The number of para-hydroxylation sites is 2. The van der Waals surface area contributed by atoms with E-state index in [2.05, 4.69) is 10.3 Å². The summed E-state index contributed by atoms with van der Waals surface area (Å²) in [7, 11) is -3.57. The van der Waals surface area contributed by atoms with Crippen molar-refractivity contribution < 1.29 is 13.2 Å². The Morgan fingerprint density at radius 1 is 1.19 bits per heavy atom. The maximum absolute atomic E-state index is 12.5. The van der Waals surface area contributed by atoms with Crippen LogP contribution in [0, 0.1) is 0 Å². The summed E-state index contributed by atoms with van der Waals surface area (Å²) in [6, 6.07) is 14.0. The lowest BCUT2D eigenvalue weighted by Gasteiger charge is -2.15. The van der Waals surface area contributed by atoms with Gasteiger partial charge in [0, 0.05) is 11.3 Å². The highest BCUT2D eigenvalue weighted by Crippen LogP contribution is 2.20. The van der Waals surface area contributed by atoms with E-state index in [-0.39, 0.29) is 23.7 Å². The summed E-state index contributed by atoms with van der Waals surface area (Å²) in [5, 5.41) is 3.37. The lowest BCUT2D eigenvalue weighted by molar-refractivity contribution is -0.122. The molecule has 0 aliphatic carbocycles. The number of fused-ring (bicyclic) bond motifs is 1. The van der Waals surface area contributed by atoms with Gasteiger partial charge in [-0.25, -0.2) is 13.4 Å². The van der Waals surface area contributed by atoms with Gasteiger partial charge in [-0.05, 0) is 36.8 Å². The van der Waals surface area contributed by atoms with Crippen LogP contribution in [0.3, 0.4) is 0 Å². The molecule has 3 rings (SSSR count). The SMILES string of the molecule is CC(NC(=O)Cn1c(S(C)(=O)=O)nc2ccccc21)c1ccc(Cl)cc1. The first kappa shape index (κ1) is 18.4. The van der Waals surface area contributed by atoms with Crippen LogP contribution < -0.4 is 5.32 Å². The van der Waals surface area contributed by atoms with E-state index in [9.17, 15) is 13.2 Å². The van der Waals surface area contributed by atoms with E-state index in [0.717, 1.165) is 11.8 Å². The molecule has 0 radical (unpaired) electrons. The van der Waals surface area contributed by atoms with Gasteiger partial charge >= 0.3 is 0 Å². The summed E-state index contributed by atoms with van der Waals surface area (Å²) in [5.41, 5.74) is 2.04. The average Bonchev–Trinajstić information content (AvgIpc) is 2.94. The van der Waals surface area contributed by atoms with Crippen molar-refractivity contribution in [3.63, 3.8) is 0 Å². The predicted molar refractivity (Wildman–Crippen MR) is 101 cm³/mol. The van der Waals surface area contributed by atoms with Crippen molar-refractivity contribution in [3.05, 3.63) is 59.1 Å². The number of aromatic nitrogens is 2. The Bertz CT molecular complexity index is 1060. The van der Waals surface area contributed by atoms with Gasteiger partial charge in [0.15, 0.2) is 0 Å².